The van der Waals surface area contributed by atoms with Crippen molar-refractivity contribution in [3.63, 3.8) is 0 Å². The van der Waals surface area contributed by atoms with Gasteiger partial charge in [0.15, 0.2) is 0 Å². The van der Waals surface area contributed by atoms with Gasteiger partial charge in [0.2, 0.25) is 5.91 Å². The van der Waals surface area contributed by atoms with E-state index < -0.39 is 11.9 Å². The Morgan fingerprint density at radius 1 is 1.56 bits per heavy atom. The molecule has 3 unspecified atom stereocenters. The minimum Gasteiger partial charge on any atom is -0.354 e. The summed E-state index contributed by atoms with van der Waals surface area (Å²) in [6.07, 6.45) is 3.62. The van der Waals surface area contributed by atoms with Gasteiger partial charge >= 0.3 is 0 Å². The van der Waals surface area contributed by atoms with E-state index in [1.54, 1.807) is 17.8 Å². The van der Waals surface area contributed by atoms with E-state index >= 15 is 0 Å². The largest absolute Gasteiger partial charge is 0.354 e. The van der Waals surface area contributed by atoms with E-state index in [4.69, 9.17) is 17.3 Å². The molecule has 1 amide bonds. The van der Waals surface area contributed by atoms with E-state index in [1.807, 2.05) is 19.4 Å². The highest BCUT2D eigenvalue weighted by Crippen LogP contribution is 2.36. The number of thioether (sulfide) groups is 1. The highest BCUT2D eigenvalue weighted by atomic mass is 35.5. The topological polar surface area (TPSA) is 58.4 Å². The first-order valence-corrected chi connectivity index (χ1v) is 9.88. The van der Waals surface area contributed by atoms with Crippen LogP contribution in [0.4, 0.5) is 4.39 Å². The number of nitrogens with zero attached hydrogens (tertiary/aromatic N) is 1. The Morgan fingerprint density at radius 3 is 2.92 bits per heavy atom. The summed E-state index contributed by atoms with van der Waals surface area (Å²) < 4.78 is 13.8. The molecule has 1 aliphatic heterocycles. The Morgan fingerprint density at radius 2 is 2.28 bits per heavy atom. The number of carbonyl (C=O) groups excluding carboxylic acids is 1. The average molecular weight is 410 g/mol. The van der Waals surface area contributed by atoms with Gasteiger partial charge < -0.3 is 11.1 Å². The third kappa shape index (κ3) is 6.00. The van der Waals surface area contributed by atoms with Gasteiger partial charge in [0.1, 0.15) is 5.82 Å². The van der Waals surface area contributed by atoms with Crippen LogP contribution in [0.3, 0.4) is 0 Å². The molecule has 3 N–H and O–H groups in total. The molecular weight excluding hydrogens is 384 g/mol. The standard InChI is InChI=1S/C17H25ClFN3OS.ClH/c1-22-7-5-12(10-21-17(23)15(20)6-8-24-2)16(22)11-3-4-13(18)14(19)9-11;/h3-4,9,12,15-16H,5-8,10,20H2,1-2H3,(H,21,23);1H. The van der Waals surface area contributed by atoms with E-state index in [0.717, 1.165) is 24.3 Å². The van der Waals surface area contributed by atoms with Crippen LogP contribution in [-0.2, 0) is 4.79 Å². The van der Waals surface area contributed by atoms with Crippen LogP contribution in [0.5, 0.6) is 0 Å². The summed E-state index contributed by atoms with van der Waals surface area (Å²) >= 11 is 7.46. The fourth-order valence-corrected chi connectivity index (χ4v) is 3.81. The van der Waals surface area contributed by atoms with E-state index in [2.05, 4.69) is 10.2 Å². The van der Waals surface area contributed by atoms with Crippen LogP contribution in [-0.4, -0.2) is 49.0 Å². The number of nitrogens with one attached hydrogen (secondary N) is 1. The molecule has 0 bridgehead atoms. The van der Waals surface area contributed by atoms with Gasteiger partial charge in [0, 0.05) is 12.6 Å². The minimum absolute atomic E-state index is 0. The Bertz CT molecular complexity index is 579. The predicted molar refractivity (Wildman–Crippen MR) is 106 cm³/mol. The quantitative estimate of drug-likeness (QED) is 0.726. The van der Waals surface area contributed by atoms with Crippen LogP contribution < -0.4 is 11.1 Å². The molecule has 0 aliphatic carbocycles. The number of halogens is 3. The molecule has 142 valence electrons. The SMILES string of the molecule is CSCCC(N)C(=O)NCC1CCN(C)C1c1ccc(Cl)c(F)c1.Cl. The van der Waals surface area contributed by atoms with Crippen molar-refractivity contribution in [1.82, 2.24) is 10.2 Å². The van der Waals surface area contributed by atoms with Crippen molar-refractivity contribution >= 4 is 41.7 Å². The lowest BCUT2D eigenvalue weighted by molar-refractivity contribution is -0.122. The maximum Gasteiger partial charge on any atom is 0.236 e. The zero-order valence-corrected chi connectivity index (χ0v) is 16.9. The van der Waals surface area contributed by atoms with Crippen LogP contribution in [0.1, 0.15) is 24.4 Å². The van der Waals surface area contributed by atoms with E-state index in [1.165, 1.54) is 6.07 Å². The number of carbonyl (C=O) groups is 1. The van der Waals surface area contributed by atoms with Gasteiger partial charge in [0.05, 0.1) is 11.1 Å². The Kier molecular flexibility index (Phi) is 9.52. The molecule has 1 heterocycles. The summed E-state index contributed by atoms with van der Waals surface area (Å²) in [4.78, 5) is 14.3. The Labute approximate surface area is 164 Å². The molecule has 25 heavy (non-hydrogen) atoms. The third-order valence-corrected chi connectivity index (χ3v) is 5.52. The number of benzene rings is 1. The molecule has 1 aromatic rings. The maximum atomic E-state index is 13.8. The molecule has 1 aromatic carbocycles. The van der Waals surface area contributed by atoms with Gasteiger partial charge in [-0.25, -0.2) is 4.39 Å². The summed E-state index contributed by atoms with van der Waals surface area (Å²) in [5, 5.41) is 3.09. The van der Waals surface area contributed by atoms with E-state index in [9.17, 15) is 9.18 Å². The zero-order chi connectivity index (χ0) is 17.7. The molecule has 0 radical (unpaired) electrons. The first-order valence-electron chi connectivity index (χ1n) is 8.11. The molecule has 4 nitrogen and oxygen atoms in total. The Hall–Kier alpha value is -0.530. The number of nitrogens with two attached hydrogens (primary N) is 1. The average Bonchev–Trinajstić information content (AvgIpc) is 2.93. The normalized spacial score (nSPS) is 21.6. The van der Waals surface area contributed by atoms with Crippen LogP contribution in [0.25, 0.3) is 0 Å². The van der Waals surface area contributed by atoms with Crippen molar-refractivity contribution in [2.75, 3.05) is 32.1 Å². The monoisotopic (exact) mass is 409 g/mol. The summed E-state index contributed by atoms with van der Waals surface area (Å²) in [5.41, 5.74) is 6.79. The van der Waals surface area contributed by atoms with Crippen LogP contribution in [0, 0.1) is 11.7 Å². The van der Waals surface area contributed by atoms with E-state index in [0.29, 0.717) is 13.0 Å². The van der Waals surface area contributed by atoms with Crippen LogP contribution >= 0.6 is 35.8 Å². The van der Waals surface area contributed by atoms with Crippen LogP contribution in [0.2, 0.25) is 5.02 Å². The lowest BCUT2D eigenvalue weighted by Gasteiger charge is -2.26. The summed E-state index contributed by atoms with van der Waals surface area (Å²) in [7, 11) is 2.02. The second-order valence-corrected chi connectivity index (χ2v) is 7.67. The summed E-state index contributed by atoms with van der Waals surface area (Å²) in [6.45, 7) is 1.46. The lowest BCUT2D eigenvalue weighted by atomic mass is 9.93. The molecule has 0 spiro atoms. The van der Waals surface area contributed by atoms with Gasteiger partial charge in [-0.15, -0.1) is 12.4 Å². The fourth-order valence-electron chi connectivity index (χ4n) is 3.20. The summed E-state index contributed by atoms with van der Waals surface area (Å²) in [5.74, 6) is 0.580. The molecule has 1 saturated heterocycles. The smallest absolute Gasteiger partial charge is 0.236 e. The van der Waals surface area contributed by atoms with Crippen LogP contribution in [0.15, 0.2) is 18.2 Å². The molecule has 8 heteroatoms. The van der Waals surface area contributed by atoms with Crippen molar-refractivity contribution in [2.24, 2.45) is 11.7 Å². The van der Waals surface area contributed by atoms with Gasteiger partial charge in [-0.3, -0.25) is 9.69 Å². The summed E-state index contributed by atoms with van der Waals surface area (Å²) in [6, 6.07) is 4.54. The number of hydrogen-bond acceptors (Lipinski definition) is 4. The van der Waals surface area contributed by atoms with Crippen molar-refractivity contribution in [1.29, 1.82) is 0 Å². The molecule has 1 fully saturated rings. The molecule has 1 aliphatic rings. The molecule has 3 atom stereocenters. The van der Waals surface area contributed by atoms with Gasteiger partial charge in [-0.05, 0) is 62.1 Å². The Balaban J connectivity index is 0.00000312. The van der Waals surface area contributed by atoms with Gasteiger partial charge in [0.25, 0.3) is 0 Å². The molecule has 0 saturated carbocycles. The van der Waals surface area contributed by atoms with Crippen molar-refractivity contribution < 1.29 is 9.18 Å². The number of likely N-dealkylation sites (tertiary alicyclic amines) is 1. The van der Waals surface area contributed by atoms with Crippen molar-refractivity contribution in [3.05, 3.63) is 34.6 Å². The second kappa shape index (κ2) is 10.6. The first-order chi connectivity index (χ1) is 11.4. The highest BCUT2D eigenvalue weighted by Gasteiger charge is 2.33. The van der Waals surface area contributed by atoms with E-state index in [-0.39, 0.29) is 35.3 Å². The van der Waals surface area contributed by atoms with Gasteiger partial charge in [-0.1, -0.05) is 17.7 Å². The second-order valence-electron chi connectivity index (χ2n) is 6.28. The zero-order valence-electron chi connectivity index (χ0n) is 14.5. The predicted octanol–water partition coefficient (Wildman–Crippen LogP) is 3.09. The highest BCUT2D eigenvalue weighted by molar-refractivity contribution is 7.98. The van der Waals surface area contributed by atoms with Gasteiger partial charge in [-0.2, -0.15) is 11.8 Å². The van der Waals surface area contributed by atoms with Crippen molar-refractivity contribution in [2.45, 2.75) is 24.9 Å². The third-order valence-electron chi connectivity index (χ3n) is 4.57. The minimum atomic E-state index is -0.469. The molecular formula is C17H26Cl2FN3OS. The lowest BCUT2D eigenvalue weighted by Crippen LogP contribution is -2.43. The van der Waals surface area contributed by atoms with Crippen molar-refractivity contribution in [3.8, 4) is 0 Å². The molecule has 2 rings (SSSR count). The fraction of sp³-hybridized carbons (Fsp3) is 0.588. The number of hydrogen-bond donors (Lipinski definition) is 2. The first kappa shape index (κ1) is 22.5. The number of rotatable bonds is 7. The molecule has 0 aromatic heterocycles. The number of amides is 1. The maximum absolute atomic E-state index is 13.8.